The molecule has 0 bridgehead atoms. The number of rotatable bonds is 5. The topological polar surface area (TPSA) is 43.4 Å². The minimum atomic E-state index is -2.74. The first kappa shape index (κ1) is 8.84. The summed E-state index contributed by atoms with van der Waals surface area (Å²) in [6, 6.07) is 0. The van der Waals surface area contributed by atoms with Gasteiger partial charge in [-0.15, -0.1) is 0 Å². The van der Waals surface area contributed by atoms with Crippen LogP contribution in [0.5, 0.6) is 0 Å². The van der Waals surface area contributed by atoms with Crippen molar-refractivity contribution in [2.45, 2.75) is 12.8 Å². The third kappa shape index (κ3) is 7.84. The van der Waals surface area contributed by atoms with Gasteiger partial charge in [0.1, 0.15) is 0 Å². The zero-order valence-electron chi connectivity index (χ0n) is 4.88. The van der Waals surface area contributed by atoms with Gasteiger partial charge in [-0.1, -0.05) is 0 Å². The van der Waals surface area contributed by atoms with Gasteiger partial charge >= 0.3 is 0 Å². The Morgan fingerprint density at radius 1 is 1.33 bits per heavy atom. The summed E-state index contributed by atoms with van der Waals surface area (Å²) < 4.78 is 34.8. The van der Waals surface area contributed by atoms with Crippen molar-refractivity contribution < 1.29 is 17.0 Å². The molecule has 0 amide bonds. The van der Waals surface area contributed by atoms with E-state index in [1.165, 1.54) is 0 Å². The second-order valence-corrected chi connectivity index (χ2v) is 2.16. The van der Waals surface area contributed by atoms with E-state index in [4.69, 9.17) is 0 Å². The van der Waals surface area contributed by atoms with Crippen LogP contribution in [0.25, 0.3) is 0 Å². The first-order chi connectivity index (χ1) is 4.27. The highest BCUT2D eigenvalue weighted by Crippen LogP contribution is 1.89. The Labute approximate surface area is 55.0 Å². The smallest absolute Gasteiger partial charge is 0.257 e. The zero-order chi connectivity index (χ0) is 7.11. The third-order valence-electron chi connectivity index (χ3n) is 0.725. The Hall–Kier alpha value is -0.160. The van der Waals surface area contributed by atoms with Gasteiger partial charge in [-0.3, -0.25) is 8.57 Å². The SMILES string of the molecule is O=[SH](=O)OCCCCF. The van der Waals surface area contributed by atoms with E-state index in [1.807, 2.05) is 0 Å². The molecule has 0 spiro atoms. The molecular weight excluding hydrogens is 147 g/mol. The van der Waals surface area contributed by atoms with Crippen LogP contribution in [-0.4, -0.2) is 21.7 Å². The van der Waals surface area contributed by atoms with Crippen molar-refractivity contribution in [2.75, 3.05) is 13.3 Å². The molecule has 0 atom stereocenters. The summed E-state index contributed by atoms with van der Waals surface area (Å²) in [4.78, 5) is 0. The summed E-state index contributed by atoms with van der Waals surface area (Å²) in [5.74, 6) is 0. The fraction of sp³-hybridized carbons (Fsp3) is 1.00. The average Bonchev–Trinajstić information content (AvgIpc) is 1.80. The minimum absolute atomic E-state index is 0.0998. The van der Waals surface area contributed by atoms with Crippen LogP contribution in [0.1, 0.15) is 12.8 Å². The molecule has 9 heavy (non-hydrogen) atoms. The van der Waals surface area contributed by atoms with Crippen molar-refractivity contribution >= 4 is 11.0 Å². The van der Waals surface area contributed by atoms with Crippen LogP contribution < -0.4 is 0 Å². The number of thiol groups is 1. The van der Waals surface area contributed by atoms with Gasteiger partial charge in [0.2, 0.25) is 0 Å². The molecule has 0 rings (SSSR count). The Bertz CT molecular complexity index is 115. The molecule has 0 heterocycles. The molecule has 0 saturated heterocycles. The summed E-state index contributed by atoms with van der Waals surface area (Å²) in [7, 11) is -2.74. The number of unbranched alkanes of at least 4 members (excludes halogenated alkanes) is 1. The highest BCUT2D eigenvalue weighted by atomic mass is 32.2. The third-order valence-corrected chi connectivity index (χ3v) is 1.12. The number of hydrogen-bond donors (Lipinski definition) is 1. The van der Waals surface area contributed by atoms with Crippen LogP contribution >= 0.6 is 0 Å². The summed E-state index contributed by atoms with van der Waals surface area (Å²) >= 11 is 0. The molecule has 3 nitrogen and oxygen atoms in total. The van der Waals surface area contributed by atoms with Crippen LogP contribution in [-0.2, 0) is 15.2 Å². The van der Waals surface area contributed by atoms with E-state index in [1.54, 1.807) is 0 Å². The van der Waals surface area contributed by atoms with Crippen LogP contribution in [0.2, 0.25) is 0 Å². The summed E-state index contributed by atoms with van der Waals surface area (Å²) in [6.07, 6.45) is 0.822. The van der Waals surface area contributed by atoms with Crippen molar-refractivity contribution in [3.63, 3.8) is 0 Å². The molecule has 5 heteroatoms. The van der Waals surface area contributed by atoms with Crippen LogP contribution in [0, 0.1) is 0 Å². The number of hydrogen-bond acceptors (Lipinski definition) is 3. The van der Waals surface area contributed by atoms with Gasteiger partial charge in [0, 0.05) is 0 Å². The lowest BCUT2D eigenvalue weighted by Crippen LogP contribution is -1.92. The molecule has 0 aromatic rings. The van der Waals surface area contributed by atoms with E-state index in [2.05, 4.69) is 4.18 Å². The van der Waals surface area contributed by atoms with E-state index in [0.717, 1.165) is 0 Å². The lowest BCUT2D eigenvalue weighted by molar-refractivity contribution is 0.312. The molecule has 0 aliphatic carbocycles. The molecule has 0 N–H and O–H groups in total. The summed E-state index contributed by atoms with van der Waals surface area (Å²) in [5, 5.41) is 0. The highest BCUT2D eigenvalue weighted by Gasteiger charge is 1.87. The van der Waals surface area contributed by atoms with E-state index < -0.39 is 17.7 Å². The Kier molecular flexibility index (Phi) is 5.86. The highest BCUT2D eigenvalue weighted by molar-refractivity contribution is 7.67. The molecule has 0 unspecified atom stereocenters. The van der Waals surface area contributed by atoms with E-state index in [-0.39, 0.29) is 6.61 Å². The van der Waals surface area contributed by atoms with E-state index in [9.17, 15) is 12.8 Å². The van der Waals surface area contributed by atoms with Gasteiger partial charge in [-0.2, -0.15) is 0 Å². The second kappa shape index (κ2) is 5.97. The van der Waals surface area contributed by atoms with Gasteiger partial charge in [0.05, 0.1) is 13.3 Å². The first-order valence-corrected chi connectivity index (χ1v) is 3.70. The standard InChI is InChI=1S/C4H9FO3S/c5-3-1-2-4-8-9(6)7/h9H,1-4H2. The molecule has 0 aliphatic rings. The molecule has 0 saturated carbocycles. The van der Waals surface area contributed by atoms with Crippen molar-refractivity contribution in [2.24, 2.45) is 0 Å². The quantitative estimate of drug-likeness (QED) is 0.459. The maximum Gasteiger partial charge on any atom is 0.257 e. The van der Waals surface area contributed by atoms with Crippen molar-refractivity contribution in [3.8, 4) is 0 Å². The maximum atomic E-state index is 11.3. The second-order valence-electron chi connectivity index (χ2n) is 1.45. The van der Waals surface area contributed by atoms with E-state index >= 15 is 0 Å². The monoisotopic (exact) mass is 156 g/mol. The lowest BCUT2D eigenvalue weighted by Gasteiger charge is -1.91. The van der Waals surface area contributed by atoms with Gasteiger partial charge in [0.25, 0.3) is 11.0 Å². The Balaban J connectivity index is 2.92. The predicted molar refractivity (Wildman–Crippen MR) is 31.5 cm³/mol. The molecule has 0 aliphatic heterocycles. The summed E-state index contributed by atoms with van der Waals surface area (Å²) in [6.45, 7) is -0.318. The van der Waals surface area contributed by atoms with Gasteiger partial charge in [0.15, 0.2) is 0 Å². The van der Waals surface area contributed by atoms with Crippen molar-refractivity contribution in [1.29, 1.82) is 0 Å². The van der Waals surface area contributed by atoms with Gasteiger partial charge in [-0.05, 0) is 12.8 Å². The van der Waals surface area contributed by atoms with Crippen LogP contribution in [0.3, 0.4) is 0 Å². The van der Waals surface area contributed by atoms with Crippen LogP contribution in [0.15, 0.2) is 0 Å². The molecule has 0 fully saturated rings. The molecule has 0 radical (unpaired) electrons. The minimum Gasteiger partial charge on any atom is -0.272 e. The fourth-order valence-electron chi connectivity index (χ4n) is 0.336. The van der Waals surface area contributed by atoms with E-state index in [0.29, 0.717) is 12.8 Å². The normalized spacial score (nSPS) is 10.4. The van der Waals surface area contributed by atoms with Crippen molar-refractivity contribution in [3.05, 3.63) is 0 Å². The molecule has 0 aromatic heterocycles. The van der Waals surface area contributed by atoms with Gasteiger partial charge in [-0.25, -0.2) is 8.42 Å². The summed E-state index contributed by atoms with van der Waals surface area (Å²) in [5.41, 5.74) is 0. The number of halogens is 1. The Morgan fingerprint density at radius 3 is 2.44 bits per heavy atom. The first-order valence-electron chi connectivity index (χ1n) is 2.60. The zero-order valence-corrected chi connectivity index (χ0v) is 5.77. The lowest BCUT2D eigenvalue weighted by atomic mass is 10.4. The van der Waals surface area contributed by atoms with Crippen molar-refractivity contribution in [1.82, 2.24) is 0 Å². The molecule has 0 aromatic carbocycles. The van der Waals surface area contributed by atoms with Gasteiger partial charge < -0.3 is 0 Å². The maximum absolute atomic E-state index is 11.3. The van der Waals surface area contributed by atoms with Crippen LogP contribution in [0.4, 0.5) is 4.39 Å². The fourth-order valence-corrected chi connectivity index (χ4v) is 0.614. The molecular formula is C4H9FO3S. The largest absolute Gasteiger partial charge is 0.272 e. The Morgan fingerprint density at radius 2 is 2.00 bits per heavy atom. The average molecular weight is 156 g/mol. The molecule has 56 valence electrons. The number of alkyl halides is 1. The predicted octanol–water partition coefficient (Wildman–Crippen LogP) is 0.279.